The molecule has 0 unspecified atom stereocenters. The van der Waals surface area contributed by atoms with Crippen molar-refractivity contribution in [2.75, 3.05) is 6.61 Å². The number of benzene rings is 1. The molecular formula is C13H19NO. The predicted molar refractivity (Wildman–Crippen MR) is 61.7 cm³/mol. The van der Waals surface area contributed by atoms with Crippen molar-refractivity contribution in [2.45, 2.75) is 38.8 Å². The molecule has 0 spiro atoms. The van der Waals surface area contributed by atoms with Gasteiger partial charge in [-0.05, 0) is 22.1 Å². The van der Waals surface area contributed by atoms with Gasteiger partial charge in [-0.2, -0.15) is 0 Å². The summed E-state index contributed by atoms with van der Waals surface area (Å²) in [5.41, 5.74) is 10.1. The van der Waals surface area contributed by atoms with Gasteiger partial charge in [0, 0.05) is 0 Å². The molecule has 15 heavy (non-hydrogen) atoms. The molecule has 2 nitrogen and oxygen atoms in total. The lowest BCUT2D eigenvalue weighted by atomic mass is 9.84. The number of hydrogen-bond acceptors (Lipinski definition) is 2. The topological polar surface area (TPSA) is 35.2 Å². The first-order valence-corrected chi connectivity index (χ1v) is 5.45. The summed E-state index contributed by atoms with van der Waals surface area (Å²) >= 11 is 0. The molecule has 1 aliphatic rings. The average molecular weight is 205 g/mol. The van der Waals surface area contributed by atoms with E-state index >= 15 is 0 Å². The summed E-state index contributed by atoms with van der Waals surface area (Å²) in [7, 11) is 0. The van der Waals surface area contributed by atoms with Crippen LogP contribution in [0.5, 0.6) is 0 Å². The van der Waals surface area contributed by atoms with Gasteiger partial charge in [-0.25, -0.2) is 0 Å². The molecule has 0 saturated carbocycles. The molecule has 1 aromatic carbocycles. The third-order valence-electron chi connectivity index (χ3n) is 2.97. The van der Waals surface area contributed by atoms with Crippen LogP contribution in [0.3, 0.4) is 0 Å². The van der Waals surface area contributed by atoms with Crippen molar-refractivity contribution >= 4 is 0 Å². The third-order valence-corrected chi connectivity index (χ3v) is 2.97. The Bertz CT molecular complexity index is 365. The van der Waals surface area contributed by atoms with Crippen molar-refractivity contribution in [1.82, 2.24) is 0 Å². The van der Waals surface area contributed by atoms with Crippen molar-refractivity contribution < 1.29 is 4.74 Å². The minimum absolute atomic E-state index is 0.0380. The molecule has 1 aromatic rings. The van der Waals surface area contributed by atoms with Crippen LogP contribution in [0.4, 0.5) is 0 Å². The smallest absolute Gasteiger partial charge is 0.0721 e. The van der Waals surface area contributed by atoms with Crippen LogP contribution in [0.25, 0.3) is 0 Å². The molecule has 0 saturated heterocycles. The van der Waals surface area contributed by atoms with E-state index in [4.69, 9.17) is 10.5 Å². The molecule has 2 heteroatoms. The molecule has 1 aliphatic heterocycles. The fourth-order valence-corrected chi connectivity index (χ4v) is 1.92. The van der Waals surface area contributed by atoms with Crippen LogP contribution in [0, 0.1) is 0 Å². The van der Waals surface area contributed by atoms with E-state index in [-0.39, 0.29) is 11.5 Å². The van der Waals surface area contributed by atoms with Crippen LogP contribution in [-0.4, -0.2) is 6.61 Å². The Kier molecular flexibility index (Phi) is 2.57. The summed E-state index contributed by atoms with van der Waals surface area (Å²) in [6.45, 7) is 8.01. The quantitative estimate of drug-likeness (QED) is 0.706. The molecule has 0 radical (unpaired) electrons. The highest BCUT2D eigenvalue weighted by Crippen LogP contribution is 2.29. The maximum absolute atomic E-state index is 6.03. The fourth-order valence-electron chi connectivity index (χ4n) is 1.92. The number of hydrogen-bond donors (Lipinski definition) is 1. The summed E-state index contributed by atoms with van der Waals surface area (Å²) in [4.78, 5) is 0. The molecule has 2 N–H and O–H groups in total. The second-order valence-electron chi connectivity index (χ2n) is 5.29. The Morgan fingerprint density at radius 2 is 2.07 bits per heavy atom. The predicted octanol–water partition coefficient (Wildman–Crippen LogP) is 2.51. The second kappa shape index (κ2) is 3.62. The Hall–Kier alpha value is -0.860. The van der Waals surface area contributed by atoms with Gasteiger partial charge in [0.25, 0.3) is 0 Å². The van der Waals surface area contributed by atoms with Gasteiger partial charge in [-0.15, -0.1) is 0 Å². The van der Waals surface area contributed by atoms with Crippen LogP contribution in [0.1, 0.15) is 43.5 Å². The molecule has 0 amide bonds. The fraction of sp³-hybridized carbons (Fsp3) is 0.538. The summed E-state index contributed by atoms with van der Waals surface area (Å²) in [6.07, 6.45) is 0. The highest BCUT2D eigenvalue weighted by Gasteiger charge is 2.20. The monoisotopic (exact) mass is 205 g/mol. The van der Waals surface area contributed by atoms with E-state index < -0.39 is 0 Å². The van der Waals surface area contributed by atoms with E-state index in [1.165, 1.54) is 16.7 Å². The van der Waals surface area contributed by atoms with Gasteiger partial charge in [-0.1, -0.05) is 39.0 Å². The largest absolute Gasteiger partial charge is 0.375 e. The number of rotatable bonds is 0. The lowest BCUT2D eigenvalue weighted by Crippen LogP contribution is -2.24. The molecule has 1 atom stereocenters. The van der Waals surface area contributed by atoms with Crippen LogP contribution in [-0.2, 0) is 16.8 Å². The molecule has 2 rings (SSSR count). The number of nitrogens with two attached hydrogens (primary N) is 1. The summed E-state index contributed by atoms with van der Waals surface area (Å²) in [6, 6.07) is 6.61. The van der Waals surface area contributed by atoms with E-state index in [0.717, 1.165) is 0 Å². The highest BCUT2D eigenvalue weighted by molar-refractivity contribution is 5.37. The zero-order valence-corrected chi connectivity index (χ0v) is 9.71. The summed E-state index contributed by atoms with van der Waals surface area (Å²) in [5.74, 6) is 0. The Morgan fingerprint density at radius 3 is 2.73 bits per heavy atom. The first kappa shape index (κ1) is 10.7. The van der Waals surface area contributed by atoms with Gasteiger partial charge < -0.3 is 10.5 Å². The first-order chi connectivity index (χ1) is 6.98. The van der Waals surface area contributed by atoms with E-state index in [1.807, 2.05) is 0 Å². The Balaban J connectivity index is 2.44. The number of fused-ring (bicyclic) bond motifs is 1. The van der Waals surface area contributed by atoms with E-state index in [0.29, 0.717) is 13.2 Å². The molecule has 0 fully saturated rings. The van der Waals surface area contributed by atoms with Gasteiger partial charge in [-0.3, -0.25) is 0 Å². The minimum atomic E-state index is 0.0380. The third kappa shape index (κ3) is 2.06. The van der Waals surface area contributed by atoms with Gasteiger partial charge in [0.2, 0.25) is 0 Å². The molecule has 0 aliphatic carbocycles. The molecule has 1 heterocycles. The average Bonchev–Trinajstić information content (AvgIpc) is 2.16. The molecule has 82 valence electrons. The molecule has 0 aromatic heterocycles. The second-order valence-corrected chi connectivity index (χ2v) is 5.29. The van der Waals surface area contributed by atoms with Crippen LogP contribution >= 0.6 is 0 Å². The van der Waals surface area contributed by atoms with Crippen LogP contribution in [0.2, 0.25) is 0 Å². The van der Waals surface area contributed by atoms with Crippen molar-refractivity contribution in [3.8, 4) is 0 Å². The maximum Gasteiger partial charge on any atom is 0.0721 e. The standard InChI is InChI=1S/C13H19NO/c1-13(2,3)10-5-4-9-7-15-8-12(14)11(9)6-10/h4-6,12H,7-8,14H2,1-3H3/t12-/m1/s1. The summed E-state index contributed by atoms with van der Waals surface area (Å²) < 4.78 is 5.41. The van der Waals surface area contributed by atoms with Crippen molar-refractivity contribution in [2.24, 2.45) is 5.73 Å². The van der Waals surface area contributed by atoms with Crippen molar-refractivity contribution in [3.05, 3.63) is 34.9 Å². The van der Waals surface area contributed by atoms with E-state index in [1.54, 1.807) is 0 Å². The Labute approximate surface area is 91.4 Å². The van der Waals surface area contributed by atoms with Crippen molar-refractivity contribution in [3.63, 3.8) is 0 Å². The summed E-state index contributed by atoms with van der Waals surface area (Å²) in [5, 5.41) is 0. The first-order valence-electron chi connectivity index (χ1n) is 5.45. The lowest BCUT2D eigenvalue weighted by molar-refractivity contribution is 0.0923. The van der Waals surface area contributed by atoms with Gasteiger partial charge in [0.15, 0.2) is 0 Å². The van der Waals surface area contributed by atoms with Crippen LogP contribution in [0.15, 0.2) is 18.2 Å². The number of ether oxygens (including phenoxy) is 1. The minimum Gasteiger partial charge on any atom is -0.375 e. The molecular weight excluding hydrogens is 186 g/mol. The highest BCUT2D eigenvalue weighted by atomic mass is 16.5. The Morgan fingerprint density at radius 1 is 1.33 bits per heavy atom. The maximum atomic E-state index is 6.03. The van der Waals surface area contributed by atoms with Crippen molar-refractivity contribution in [1.29, 1.82) is 0 Å². The molecule has 0 bridgehead atoms. The normalized spacial score (nSPS) is 21.2. The lowest BCUT2D eigenvalue weighted by Gasteiger charge is -2.26. The van der Waals surface area contributed by atoms with Gasteiger partial charge in [0.1, 0.15) is 0 Å². The van der Waals surface area contributed by atoms with Gasteiger partial charge >= 0.3 is 0 Å². The zero-order valence-electron chi connectivity index (χ0n) is 9.71. The SMILES string of the molecule is CC(C)(C)c1ccc2c(c1)[C@H](N)COC2. The zero-order chi connectivity index (χ0) is 11.1. The van der Waals surface area contributed by atoms with Gasteiger partial charge in [0.05, 0.1) is 19.3 Å². The van der Waals surface area contributed by atoms with E-state index in [2.05, 4.69) is 39.0 Å². The van der Waals surface area contributed by atoms with E-state index in [9.17, 15) is 0 Å². The van der Waals surface area contributed by atoms with Crippen LogP contribution < -0.4 is 5.73 Å².